The topological polar surface area (TPSA) is 26.0 Å². The van der Waals surface area contributed by atoms with E-state index in [0.29, 0.717) is 0 Å². The van der Waals surface area contributed by atoms with Crippen molar-refractivity contribution in [2.45, 2.75) is 38.5 Å². The van der Waals surface area contributed by atoms with Gasteiger partial charge < -0.3 is 5.73 Å². The molecule has 0 heterocycles. The molecule has 82 valence electrons. The average molecular weight is 268 g/mol. The lowest BCUT2D eigenvalue weighted by atomic mass is 9.64. The van der Waals surface area contributed by atoms with Crippen LogP contribution < -0.4 is 5.73 Å². The normalized spacial score (nSPS) is 18.7. The Bertz CT molecular complexity index is 352. The molecule has 1 aromatic carbocycles. The highest BCUT2D eigenvalue weighted by molar-refractivity contribution is 9.10. The summed E-state index contributed by atoms with van der Waals surface area (Å²) in [6.07, 6.45) is 3.83. The molecular weight excluding hydrogens is 250 g/mol. The first-order valence-corrected chi connectivity index (χ1v) is 6.36. The second kappa shape index (κ2) is 3.91. The molecule has 0 aliphatic heterocycles. The lowest BCUT2D eigenvalue weighted by molar-refractivity contribution is 0.253. The van der Waals surface area contributed by atoms with Crippen molar-refractivity contribution >= 4 is 15.9 Å². The molecule has 1 saturated carbocycles. The fraction of sp³-hybridized carbons (Fsp3) is 0.538. The van der Waals surface area contributed by atoms with E-state index in [9.17, 15) is 0 Å². The predicted molar refractivity (Wildman–Crippen MR) is 68.2 cm³/mol. The minimum Gasteiger partial charge on any atom is -0.330 e. The molecule has 0 unspecified atom stereocenters. The van der Waals surface area contributed by atoms with Gasteiger partial charge in [0.1, 0.15) is 0 Å². The minimum atomic E-state index is 0.288. The second-order valence-corrected chi connectivity index (χ2v) is 5.56. The summed E-state index contributed by atoms with van der Waals surface area (Å²) in [4.78, 5) is 0. The van der Waals surface area contributed by atoms with Crippen molar-refractivity contribution in [3.63, 3.8) is 0 Å². The standard InChI is InChI=1S/C13H18BrN/c1-9-6-11(7-10(2)12(9)14)13(8-15)4-3-5-13/h6-7H,3-5,8,15H2,1-2H3. The van der Waals surface area contributed by atoms with E-state index in [-0.39, 0.29) is 5.41 Å². The minimum absolute atomic E-state index is 0.288. The summed E-state index contributed by atoms with van der Waals surface area (Å²) in [7, 11) is 0. The van der Waals surface area contributed by atoms with Gasteiger partial charge in [0, 0.05) is 16.4 Å². The van der Waals surface area contributed by atoms with Crippen molar-refractivity contribution in [3.05, 3.63) is 33.3 Å². The largest absolute Gasteiger partial charge is 0.330 e. The Morgan fingerprint density at radius 3 is 2.13 bits per heavy atom. The van der Waals surface area contributed by atoms with Crippen LogP contribution in [0.25, 0.3) is 0 Å². The van der Waals surface area contributed by atoms with Gasteiger partial charge >= 0.3 is 0 Å². The van der Waals surface area contributed by atoms with Crippen LogP contribution in [-0.2, 0) is 5.41 Å². The summed E-state index contributed by atoms with van der Waals surface area (Å²) >= 11 is 3.61. The number of nitrogens with two attached hydrogens (primary N) is 1. The third-order valence-corrected chi connectivity index (χ3v) is 5.00. The first-order chi connectivity index (χ1) is 7.09. The number of rotatable bonds is 2. The molecule has 1 aliphatic rings. The number of hydrogen-bond acceptors (Lipinski definition) is 1. The molecule has 1 fully saturated rings. The van der Waals surface area contributed by atoms with Crippen molar-refractivity contribution in [1.82, 2.24) is 0 Å². The number of halogens is 1. The lowest BCUT2D eigenvalue weighted by Gasteiger charge is -2.42. The molecule has 2 heteroatoms. The van der Waals surface area contributed by atoms with Crippen LogP contribution in [-0.4, -0.2) is 6.54 Å². The van der Waals surface area contributed by atoms with Gasteiger partial charge in [0.25, 0.3) is 0 Å². The highest BCUT2D eigenvalue weighted by Crippen LogP contribution is 2.44. The van der Waals surface area contributed by atoms with Crippen LogP contribution in [0.3, 0.4) is 0 Å². The van der Waals surface area contributed by atoms with Crippen LogP contribution in [0.15, 0.2) is 16.6 Å². The molecule has 1 nitrogen and oxygen atoms in total. The average Bonchev–Trinajstić information content (AvgIpc) is 2.13. The number of aryl methyl sites for hydroxylation is 2. The molecule has 0 radical (unpaired) electrons. The Hall–Kier alpha value is -0.340. The zero-order chi connectivity index (χ0) is 11.1. The van der Waals surface area contributed by atoms with Crippen LogP contribution in [0.5, 0.6) is 0 Å². The van der Waals surface area contributed by atoms with E-state index in [4.69, 9.17) is 5.73 Å². The van der Waals surface area contributed by atoms with Crippen molar-refractivity contribution in [1.29, 1.82) is 0 Å². The molecule has 1 aromatic rings. The van der Waals surface area contributed by atoms with Gasteiger partial charge in [-0.2, -0.15) is 0 Å². The van der Waals surface area contributed by atoms with Gasteiger partial charge in [-0.05, 0) is 43.4 Å². The zero-order valence-corrected chi connectivity index (χ0v) is 11.0. The molecule has 0 aromatic heterocycles. The Kier molecular flexibility index (Phi) is 2.91. The van der Waals surface area contributed by atoms with Crippen molar-refractivity contribution in [3.8, 4) is 0 Å². The van der Waals surface area contributed by atoms with E-state index >= 15 is 0 Å². The van der Waals surface area contributed by atoms with E-state index in [0.717, 1.165) is 6.54 Å². The van der Waals surface area contributed by atoms with Gasteiger partial charge in [-0.1, -0.05) is 34.5 Å². The lowest BCUT2D eigenvalue weighted by Crippen LogP contribution is -2.41. The molecular formula is C13H18BrN. The maximum absolute atomic E-state index is 5.93. The van der Waals surface area contributed by atoms with Crippen LogP contribution in [0, 0.1) is 13.8 Å². The van der Waals surface area contributed by atoms with Gasteiger partial charge in [-0.15, -0.1) is 0 Å². The molecule has 2 N–H and O–H groups in total. The van der Waals surface area contributed by atoms with E-state index < -0.39 is 0 Å². The van der Waals surface area contributed by atoms with Crippen LogP contribution in [0.4, 0.5) is 0 Å². The van der Waals surface area contributed by atoms with Gasteiger partial charge in [0.2, 0.25) is 0 Å². The second-order valence-electron chi connectivity index (χ2n) is 4.76. The summed E-state index contributed by atoms with van der Waals surface area (Å²) < 4.78 is 1.23. The number of hydrogen-bond donors (Lipinski definition) is 1. The molecule has 0 saturated heterocycles. The third kappa shape index (κ3) is 1.74. The van der Waals surface area contributed by atoms with Gasteiger partial charge in [-0.3, -0.25) is 0 Å². The molecule has 0 atom stereocenters. The Morgan fingerprint density at radius 1 is 1.27 bits per heavy atom. The summed E-state index contributed by atoms with van der Waals surface area (Å²) in [6, 6.07) is 4.59. The SMILES string of the molecule is Cc1cc(C2(CN)CCC2)cc(C)c1Br. The molecule has 0 bridgehead atoms. The molecule has 2 rings (SSSR count). The third-order valence-electron chi connectivity index (χ3n) is 3.75. The smallest absolute Gasteiger partial charge is 0.0233 e. The van der Waals surface area contributed by atoms with Crippen LogP contribution in [0.1, 0.15) is 36.0 Å². The van der Waals surface area contributed by atoms with Crippen molar-refractivity contribution in [2.75, 3.05) is 6.54 Å². The fourth-order valence-electron chi connectivity index (χ4n) is 2.47. The fourth-order valence-corrected chi connectivity index (χ4v) is 2.70. The summed E-state index contributed by atoms with van der Waals surface area (Å²) in [6.45, 7) is 5.10. The van der Waals surface area contributed by atoms with Gasteiger partial charge in [0.15, 0.2) is 0 Å². The Morgan fingerprint density at radius 2 is 1.80 bits per heavy atom. The van der Waals surface area contributed by atoms with Gasteiger partial charge in [-0.25, -0.2) is 0 Å². The van der Waals surface area contributed by atoms with Crippen LogP contribution >= 0.6 is 15.9 Å². The van der Waals surface area contributed by atoms with E-state index in [1.165, 1.54) is 40.4 Å². The number of benzene rings is 1. The molecule has 0 amide bonds. The maximum Gasteiger partial charge on any atom is 0.0233 e. The van der Waals surface area contributed by atoms with Crippen molar-refractivity contribution < 1.29 is 0 Å². The first-order valence-electron chi connectivity index (χ1n) is 5.56. The summed E-state index contributed by atoms with van der Waals surface area (Å²) in [5.74, 6) is 0. The van der Waals surface area contributed by atoms with Crippen molar-refractivity contribution in [2.24, 2.45) is 5.73 Å². The summed E-state index contributed by atoms with van der Waals surface area (Å²) in [5.41, 5.74) is 10.3. The van der Waals surface area contributed by atoms with E-state index in [2.05, 4.69) is 41.9 Å². The molecule has 1 aliphatic carbocycles. The highest BCUT2D eigenvalue weighted by Gasteiger charge is 2.37. The highest BCUT2D eigenvalue weighted by atomic mass is 79.9. The first kappa shape index (κ1) is 11.2. The Labute approximate surface area is 100 Å². The monoisotopic (exact) mass is 267 g/mol. The Balaban J connectivity index is 2.45. The quantitative estimate of drug-likeness (QED) is 0.873. The van der Waals surface area contributed by atoms with Gasteiger partial charge in [0.05, 0.1) is 0 Å². The summed E-state index contributed by atoms with van der Waals surface area (Å²) in [5, 5.41) is 0. The van der Waals surface area contributed by atoms with E-state index in [1.54, 1.807) is 0 Å². The zero-order valence-electron chi connectivity index (χ0n) is 9.44. The predicted octanol–water partition coefficient (Wildman–Crippen LogP) is 3.45. The maximum atomic E-state index is 5.93. The van der Waals surface area contributed by atoms with E-state index in [1.807, 2.05) is 0 Å². The molecule has 0 spiro atoms. The van der Waals surface area contributed by atoms with Crippen LogP contribution in [0.2, 0.25) is 0 Å². The molecule has 15 heavy (non-hydrogen) atoms.